The van der Waals surface area contributed by atoms with E-state index in [0.717, 1.165) is 16.8 Å². The molecule has 2 aliphatic rings. The van der Waals surface area contributed by atoms with Crippen molar-refractivity contribution < 1.29 is 19.4 Å². The summed E-state index contributed by atoms with van der Waals surface area (Å²) in [5.74, 6) is -0.346. The number of likely N-dealkylation sites (tertiary alicyclic amines) is 1. The Morgan fingerprint density at radius 3 is 2.61 bits per heavy atom. The summed E-state index contributed by atoms with van der Waals surface area (Å²) in [6.45, 7) is 2.71. The number of nitrogens with one attached hydrogen (secondary N) is 1. The first-order chi connectivity index (χ1) is 13.3. The highest BCUT2D eigenvalue weighted by Gasteiger charge is 2.40. The van der Waals surface area contributed by atoms with Crippen LogP contribution in [-0.2, 0) is 22.5 Å². The maximum Gasteiger partial charge on any atom is 0.224 e. The number of piperidine rings is 1. The zero-order chi connectivity index (χ0) is 19.9. The van der Waals surface area contributed by atoms with E-state index in [1.807, 2.05) is 23.1 Å². The fraction of sp³-hybridized carbons (Fsp3) is 0.409. The van der Waals surface area contributed by atoms with Gasteiger partial charge in [-0.1, -0.05) is 18.2 Å². The van der Waals surface area contributed by atoms with E-state index in [-0.39, 0.29) is 11.7 Å². The van der Waals surface area contributed by atoms with Gasteiger partial charge in [-0.2, -0.15) is 0 Å². The number of benzene rings is 2. The Bertz CT molecular complexity index is 904. The van der Waals surface area contributed by atoms with Crippen molar-refractivity contribution in [3.8, 4) is 0 Å². The van der Waals surface area contributed by atoms with Crippen LogP contribution in [0.1, 0.15) is 42.9 Å². The first kappa shape index (κ1) is 19.1. The van der Waals surface area contributed by atoms with Crippen LogP contribution in [0.5, 0.6) is 0 Å². The second kappa shape index (κ2) is 6.95. The molecule has 6 heteroatoms. The first-order valence-electron chi connectivity index (χ1n) is 9.67. The lowest BCUT2D eigenvalue weighted by molar-refractivity contribution is -0.140. The van der Waals surface area contributed by atoms with Gasteiger partial charge in [0.15, 0.2) is 0 Å². The molecule has 4 rings (SSSR count). The summed E-state index contributed by atoms with van der Waals surface area (Å²) in [6.07, 6.45) is 1.93. The number of nitrogens with zero attached hydrogens (tertiary/aromatic N) is 1. The van der Waals surface area contributed by atoms with E-state index in [9.17, 15) is 19.4 Å². The average molecular weight is 384 g/mol. The molecule has 1 atom stereocenters. The van der Waals surface area contributed by atoms with Crippen LogP contribution in [0.3, 0.4) is 0 Å². The fourth-order valence-electron chi connectivity index (χ4n) is 4.24. The molecule has 3 N–H and O–H groups in total. The van der Waals surface area contributed by atoms with Gasteiger partial charge in [-0.15, -0.1) is 0 Å². The van der Waals surface area contributed by atoms with Crippen LogP contribution in [0.15, 0.2) is 42.5 Å². The largest absolute Gasteiger partial charge is 0.385 e. The molecule has 1 amide bonds. The molecule has 2 aromatic rings. The molecule has 2 aliphatic heterocycles. The molecule has 0 unspecified atom stereocenters. The Morgan fingerprint density at radius 1 is 1.14 bits per heavy atom. The average Bonchev–Trinajstić information content (AvgIpc) is 2.68. The number of hydrogen-bond acceptors (Lipinski definition) is 4. The Labute approximate surface area is 163 Å². The normalized spacial score (nSPS) is 21.5. The van der Waals surface area contributed by atoms with E-state index < -0.39 is 11.3 Å². The van der Waals surface area contributed by atoms with Gasteiger partial charge < -0.3 is 15.5 Å². The number of carbonyl (C=O) groups excluding carboxylic acids is 1. The topological polar surface area (TPSA) is 72.8 Å². The van der Waals surface area contributed by atoms with Crippen LogP contribution in [-0.4, -0.2) is 34.1 Å². The molecule has 0 aliphatic carbocycles. The number of amides is 1. The minimum atomic E-state index is -1.19. The molecule has 28 heavy (non-hydrogen) atoms. The summed E-state index contributed by atoms with van der Waals surface area (Å²) >= 11 is 0. The second-order valence-corrected chi connectivity index (χ2v) is 7.97. The molecule has 0 spiro atoms. The van der Waals surface area contributed by atoms with Crippen LogP contribution >= 0.6 is 0 Å². The molecule has 2 heterocycles. The van der Waals surface area contributed by atoms with E-state index in [2.05, 4.69) is 5.32 Å². The number of fused-ring (bicyclic) bond motifs is 1. The van der Waals surface area contributed by atoms with Gasteiger partial charge in [0.2, 0.25) is 5.91 Å². The van der Waals surface area contributed by atoms with Gasteiger partial charge >= 0.3 is 0 Å². The third kappa shape index (κ3) is 3.43. The van der Waals surface area contributed by atoms with Crippen LogP contribution in [0.25, 0.3) is 0 Å². The maximum atomic E-state index is 13.6. The molecule has 1 fully saturated rings. The monoisotopic (exact) mass is 384 g/mol. The van der Waals surface area contributed by atoms with Crippen molar-refractivity contribution >= 4 is 11.6 Å². The van der Waals surface area contributed by atoms with E-state index in [1.54, 1.807) is 19.1 Å². The number of halogens is 1. The molecule has 2 aromatic carbocycles. The van der Waals surface area contributed by atoms with Gasteiger partial charge in [-0.3, -0.25) is 9.69 Å². The molecule has 5 nitrogen and oxygen atoms in total. The highest BCUT2D eigenvalue weighted by molar-refractivity contribution is 5.93. The van der Waals surface area contributed by atoms with Crippen molar-refractivity contribution in [2.45, 2.75) is 43.9 Å². The molecular weight excluding hydrogens is 359 g/mol. The molecule has 0 aromatic heterocycles. The Balaban J connectivity index is 1.51. The Morgan fingerprint density at radius 2 is 1.89 bits per heavy atom. The predicted octanol–water partition coefficient (Wildman–Crippen LogP) is 2.86. The van der Waals surface area contributed by atoms with Crippen LogP contribution < -0.4 is 5.32 Å². The van der Waals surface area contributed by atoms with Crippen molar-refractivity contribution in [3.63, 3.8) is 0 Å². The number of hydrogen-bond donors (Lipinski definition) is 3. The van der Waals surface area contributed by atoms with Gasteiger partial charge in [0.25, 0.3) is 0 Å². The maximum absolute atomic E-state index is 13.6. The Hall–Kier alpha value is -2.28. The van der Waals surface area contributed by atoms with Crippen LogP contribution in [0.4, 0.5) is 10.1 Å². The van der Waals surface area contributed by atoms with E-state index in [0.29, 0.717) is 44.3 Å². The van der Waals surface area contributed by atoms with Crippen molar-refractivity contribution in [2.75, 3.05) is 18.4 Å². The van der Waals surface area contributed by atoms with Crippen molar-refractivity contribution in [1.29, 1.82) is 0 Å². The van der Waals surface area contributed by atoms with E-state index in [4.69, 9.17) is 0 Å². The minimum Gasteiger partial charge on any atom is -0.385 e. The van der Waals surface area contributed by atoms with Gasteiger partial charge in [0.1, 0.15) is 11.5 Å². The summed E-state index contributed by atoms with van der Waals surface area (Å²) < 4.78 is 13.6. The molecule has 0 radical (unpaired) electrons. The molecular formula is C22H25FN2O3. The van der Waals surface area contributed by atoms with E-state index >= 15 is 0 Å². The molecule has 0 saturated carbocycles. The zero-order valence-electron chi connectivity index (χ0n) is 15.9. The highest BCUT2D eigenvalue weighted by atomic mass is 19.1. The van der Waals surface area contributed by atoms with Gasteiger partial charge in [0, 0.05) is 25.2 Å². The molecule has 0 bridgehead atoms. The summed E-state index contributed by atoms with van der Waals surface area (Å²) in [4.78, 5) is 13.5. The fourth-order valence-corrected chi connectivity index (χ4v) is 4.24. The first-order valence-corrected chi connectivity index (χ1v) is 9.67. The highest BCUT2D eigenvalue weighted by Crippen LogP contribution is 2.38. The lowest BCUT2D eigenvalue weighted by atomic mass is 9.83. The molecule has 148 valence electrons. The van der Waals surface area contributed by atoms with Gasteiger partial charge in [0.05, 0.1) is 5.60 Å². The standard InChI is InChI=1S/C22H25FN2O3/c1-21(27,16-6-7-19-15(13-16)5-8-20(26)24-19)25-11-9-22(28,10-12-25)17-3-2-4-18(23)14-17/h2-4,6-7,13-14,27-28H,5,8-12H2,1H3,(H,24,26)/t21-/m1/s1. The Kier molecular flexibility index (Phi) is 4.73. The van der Waals surface area contributed by atoms with Gasteiger partial charge in [-0.05, 0) is 67.1 Å². The zero-order valence-corrected chi connectivity index (χ0v) is 15.9. The predicted molar refractivity (Wildman–Crippen MR) is 104 cm³/mol. The number of anilines is 1. The number of aryl methyl sites for hydroxylation is 1. The third-order valence-electron chi connectivity index (χ3n) is 6.12. The summed E-state index contributed by atoms with van der Waals surface area (Å²) in [5.41, 5.74) is 0.879. The van der Waals surface area contributed by atoms with Gasteiger partial charge in [-0.25, -0.2) is 4.39 Å². The number of carbonyl (C=O) groups is 1. The second-order valence-electron chi connectivity index (χ2n) is 7.97. The third-order valence-corrected chi connectivity index (χ3v) is 6.12. The lowest BCUT2D eigenvalue weighted by Crippen LogP contribution is -2.51. The van der Waals surface area contributed by atoms with Crippen molar-refractivity contribution in [3.05, 3.63) is 65.0 Å². The minimum absolute atomic E-state index is 0.0136. The molecule has 1 saturated heterocycles. The number of aliphatic hydroxyl groups is 2. The van der Waals surface area contributed by atoms with Crippen LogP contribution in [0, 0.1) is 5.82 Å². The SMILES string of the molecule is C[C@@](O)(c1ccc2c(c1)CCC(=O)N2)N1CCC(O)(c2cccc(F)c2)CC1. The lowest BCUT2D eigenvalue weighted by Gasteiger charge is -2.45. The summed E-state index contributed by atoms with van der Waals surface area (Å²) in [6, 6.07) is 11.7. The summed E-state index contributed by atoms with van der Waals surface area (Å²) in [5, 5.41) is 25.1. The summed E-state index contributed by atoms with van der Waals surface area (Å²) in [7, 11) is 0. The number of rotatable bonds is 3. The van der Waals surface area contributed by atoms with Crippen molar-refractivity contribution in [1.82, 2.24) is 4.90 Å². The van der Waals surface area contributed by atoms with Crippen LogP contribution in [0.2, 0.25) is 0 Å². The van der Waals surface area contributed by atoms with Crippen molar-refractivity contribution in [2.24, 2.45) is 0 Å². The quantitative estimate of drug-likeness (QED) is 0.761. The van der Waals surface area contributed by atoms with E-state index in [1.165, 1.54) is 12.1 Å². The smallest absolute Gasteiger partial charge is 0.224 e.